The largest absolute Gasteiger partial charge is 0.351 e. The van der Waals surface area contributed by atoms with Gasteiger partial charge in [0.1, 0.15) is 0 Å². The summed E-state index contributed by atoms with van der Waals surface area (Å²) < 4.78 is 0. The second-order valence-electron chi connectivity index (χ2n) is 4.32. The molecule has 1 aromatic heterocycles. The van der Waals surface area contributed by atoms with E-state index in [4.69, 9.17) is 4.98 Å². The number of nitrogens with one attached hydrogen (secondary N) is 1. The molecule has 0 amide bonds. The third-order valence-corrected chi connectivity index (χ3v) is 4.52. The lowest BCUT2D eigenvalue weighted by atomic mass is 9.98. The van der Waals surface area contributed by atoms with Crippen molar-refractivity contribution >= 4 is 16.5 Å². The molecule has 1 atom stereocenters. The van der Waals surface area contributed by atoms with E-state index in [1.54, 1.807) is 0 Å². The van der Waals surface area contributed by atoms with Crippen molar-refractivity contribution in [2.75, 3.05) is 25.0 Å². The predicted molar refractivity (Wildman–Crippen MR) is 70.4 cm³/mol. The normalized spacial score (nSPS) is 19.6. The van der Waals surface area contributed by atoms with Crippen LogP contribution in [0.2, 0.25) is 0 Å². The number of anilines is 1. The number of rotatable bonds is 4. The van der Waals surface area contributed by atoms with Gasteiger partial charge >= 0.3 is 0 Å². The Bertz CT molecular complexity index is 348. The van der Waals surface area contributed by atoms with Crippen LogP contribution in [0.1, 0.15) is 43.3 Å². The minimum atomic E-state index is 0.547. The maximum Gasteiger partial charge on any atom is 0.185 e. The SMILES string of the molecule is CCNC1CCCc2nc(N(C)CC)sc21. The van der Waals surface area contributed by atoms with Gasteiger partial charge in [-0.05, 0) is 32.7 Å². The van der Waals surface area contributed by atoms with Crippen molar-refractivity contribution in [2.24, 2.45) is 0 Å². The van der Waals surface area contributed by atoms with E-state index in [2.05, 4.69) is 31.1 Å². The average molecular weight is 239 g/mol. The molecule has 1 aliphatic rings. The summed E-state index contributed by atoms with van der Waals surface area (Å²) in [6, 6.07) is 0.547. The summed E-state index contributed by atoms with van der Waals surface area (Å²) in [5, 5.41) is 4.74. The van der Waals surface area contributed by atoms with Gasteiger partial charge in [0.15, 0.2) is 5.13 Å². The smallest absolute Gasteiger partial charge is 0.185 e. The van der Waals surface area contributed by atoms with Crippen LogP contribution in [0.3, 0.4) is 0 Å². The Kier molecular flexibility index (Phi) is 3.82. The van der Waals surface area contributed by atoms with E-state index in [0.29, 0.717) is 6.04 Å². The second-order valence-corrected chi connectivity index (χ2v) is 5.33. The van der Waals surface area contributed by atoms with E-state index in [9.17, 15) is 0 Å². The van der Waals surface area contributed by atoms with Crippen LogP contribution in [-0.2, 0) is 6.42 Å². The van der Waals surface area contributed by atoms with Gasteiger partial charge in [-0.1, -0.05) is 18.3 Å². The number of thiazole rings is 1. The molecular weight excluding hydrogens is 218 g/mol. The fourth-order valence-electron chi connectivity index (χ4n) is 2.15. The van der Waals surface area contributed by atoms with Crippen LogP contribution in [0.4, 0.5) is 5.13 Å². The van der Waals surface area contributed by atoms with Crippen LogP contribution in [0.25, 0.3) is 0 Å². The van der Waals surface area contributed by atoms with Crippen LogP contribution in [-0.4, -0.2) is 25.1 Å². The molecule has 0 saturated heterocycles. The van der Waals surface area contributed by atoms with E-state index in [1.165, 1.54) is 28.5 Å². The first-order chi connectivity index (χ1) is 7.76. The molecule has 1 N–H and O–H groups in total. The molecule has 90 valence electrons. The quantitative estimate of drug-likeness (QED) is 0.875. The van der Waals surface area contributed by atoms with Crippen molar-refractivity contribution in [1.29, 1.82) is 0 Å². The lowest BCUT2D eigenvalue weighted by Gasteiger charge is -2.21. The molecule has 1 heterocycles. The molecule has 0 radical (unpaired) electrons. The molecule has 0 aromatic carbocycles. The van der Waals surface area contributed by atoms with Gasteiger partial charge in [0.05, 0.1) is 5.69 Å². The molecule has 3 nitrogen and oxygen atoms in total. The third kappa shape index (κ3) is 2.23. The van der Waals surface area contributed by atoms with Crippen LogP contribution in [0.5, 0.6) is 0 Å². The van der Waals surface area contributed by atoms with E-state index < -0.39 is 0 Å². The first-order valence-corrected chi connectivity index (χ1v) is 7.02. The highest BCUT2D eigenvalue weighted by Gasteiger charge is 2.24. The van der Waals surface area contributed by atoms with Gasteiger partial charge < -0.3 is 10.2 Å². The lowest BCUT2D eigenvalue weighted by Crippen LogP contribution is -2.23. The Morgan fingerprint density at radius 3 is 3.00 bits per heavy atom. The van der Waals surface area contributed by atoms with E-state index >= 15 is 0 Å². The Labute approximate surface area is 102 Å². The molecule has 16 heavy (non-hydrogen) atoms. The van der Waals surface area contributed by atoms with Gasteiger partial charge in [-0.25, -0.2) is 4.98 Å². The first kappa shape index (κ1) is 11.9. The van der Waals surface area contributed by atoms with Crippen LogP contribution in [0.15, 0.2) is 0 Å². The summed E-state index contributed by atoms with van der Waals surface area (Å²) in [7, 11) is 2.12. The van der Waals surface area contributed by atoms with E-state index in [0.717, 1.165) is 19.5 Å². The summed E-state index contributed by atoms with van der Waals surface area (Å²) in [5.74, 6) is 0. The van der Waals surface area contributed by atoms with E-state index in [-0.39, 0.29) is 0 Å². The minimum Gasteiger partial charge on any atom is -0.351 e. The topological polar surface area (TPSA) is 28.2 Å². The number of nitrogens with zero attached hydrogens (tertiary/aromatic N) is 2. The highest BCUT2D eigenvalue weighted by molar-refractivity contribution is 7.15. The van der Waals surface area contributed by atoms with Crippen molar-refractivity contribution in [2.45, 2.75) is 39.2 Å². The van der Waals surface area contributed by atoms with Gasteiger partial charge in [0, 0.05) is 24.5 Å². The molecule has 0 fully saturated rings. The highest BCUT2D eigenvalue weighted by atomic mass is 32.1. The fraction of sp³-hybridized carbons (Fsp3) is 0.750. The zero-order valence-electron chi connectivity index (χ0n) is 10.4. The summed E-state index contributed by atoms with van der Waals surface area (Å²) >= 11 is 1.87. The Morgan fingerprint density at radius 1 is 1.50 bits per heavy atom. The summed E-state index contributed by atoms with van der Waals surface area (Å²) in [6.45, 7) is 6.41. The third-order valence-electron chi connectivity index (χ3n) is 3.19. The Hall–Kier alpha value is -0.610. The molecule has 1 aliphatic carbocycles. The predicted octanol–water partition coefficient (Wildman–Crippen LogP) is 2.59. The second kappa shape index (κ2) is 5.15. The minimum absolute atomic E-state index is 0.547. The molecule has 0 saturated carbocycles. The number of hydrogen-bond donors (Lipinski definition) is 1. The Morgan fingerprint density at radius 2 is 2.31 bits per heavy atom. The molecule has 2 rings (SSSR count). The summed E-state index contributed by atoms with van der Waals surface area (Å²) in [5.41, 5.74) is 1.33. The number of aromatic nitrogens is 1. The number of hydrogen-bond acceptors (Lipinski definition) is 4. The first-order valence-electron chi connectivity index (χ1n) is 6.20. The zero-order chi connectivity index (χ0) is 11.5. The van der Waals surface area contributed by atoms with Crippen molar-refractivity contribution in [1.82, 2.24) is 10.3 Å². The monoisotopic (exact) mass is 239 g/mol. The molecule has 0 bridgehead atoms. The Balaban J connectivity index is 2.23. The van der Waals surface area contributed by atoms with Gasteiger partial charge in [-0.3, -0.25) is 0 Å². The number of fused-ring (bicyclic) bond motifs is 1. The zero-order valence-corrected chi connectivity index (χ0v) is 11.2. The number of aryl methyl sites for hydroxylation is 1. The summed E-state index contributed by atoms with van der Waals surface area (Å²) in [4.78, 5) is 8.46. The maximum atomic E-state index is 4.76. The fourth-order valence-corrected chi connectivity index (χ4v) is 3.39. The molecule has 4 heteroatoms. The molecule has 0 spiro atoms. The summed E-state index contributed by atoms with van der Waals surface area (Å²) in [6.07, 6.45) is 3.69. The molecule has 0 aliphatic heterocycles. The van der Waals surface area contributed by atoms with Crippen LogP contribution >= 0.6 is 11.3 Å². The lowest BCUT2D eigenvalue weighted by molar-refractivity contribution is 0.476. The van der Waals surface area contributed by atoms with Crippen LogP contribution in [0, 0.1) is 0 Å². The molecule has 1 unspecified atom stereocenters. The van der Waals surface area contributed by atoms with Crippen molar-refractivity contribution in [3.63, 3.8) is 0 Å². The van der Waals surface area contributed by atoms with Gasteiger partial charge in [-0.2, -0.15) is 0 Å². The van der Waals surface area contributed by atoms with Crippen molar-refractivity contribution in [3.8, 4) is 0 Å². The van der Waals surface area contributed by atoms with Crippen molar-refractivity contribution in [3.05, 3.63) is 10.6 Å². The van der Waals surface area contributed by atoms with E-state index in [1.807, 2.05) is 11.3 Å². The molecule has 1 aromatic rings. The molecular formula is C12H21N3S. The van der Waals surface area contributed by atoms with Crippen molar-refractivity contribution < 1.29 is 0 Å². The van der Waals surface area contributed by atoms with Gasteiger partial charge in [-0.15, -0.1) is 0 Å². The average Bonchev–Trinajstić information content (AvgIpc) is 2.73. The standard InChI is InChI=1S/C12H21N3S/c1-4-13-9-7-6-8-10-11(9)16-12(14-10)15(3)5-2/h9,13H,4-8H2,1-3H3. The maximum absolute atomic E-state index is 4.76. The highest BCUT2D eigenvalue weighted by Crippen LogP contribution is 2.37. The van der Waals surface area contributed by atoms with Gasteiger partial charge in [0.25, 0.3) is 0 Å². The van der Waals surface area contributed by atoms with Gasteiger partial charge in [0.2, 0.25) is 0 Å². The van der Waals surface area contributed by atoms with Crippen LogP contribution < -0.4 is 10.2 Å².